The third kappa shape index (κ3) is 6.08. The van der Waals surface area contributed by atoms with Gasteiger partial charge in [-0.2, -0.15) is 11.8 Å². The van der Waals surface area contributed by atoms with Gasteiger partial charge < -0.3 is 4.90 Å². The summed E-state index contributed by atoms with van der Waals surface area (Å²) in [6, 6.07) is 0.782. The maximum Gasteiger partial charge on any atom is 0.211 e. The zero-order valence-corrected chi connectivity index (χ0v) is 15.0. The van der Waals surface area contributed by atoms with Crippen LogP contribution in [0.2, 0.25) is 0 Å². The largest absolute Gasteiger partial charge is 0.300 e. The Kier molecular flexibility index (Phi) is 6.84. The van der Waals surface area contributed by atoms with Gasteiger partial charge in [-0.15, -0.1) is 0 Å². The summed E-state index contributed by atoms with van der Waals surface area (Å²) in [5.74, 6) is 3.56. The van der Waals surface area contributed by atoms with Crippen molar-refractivity contribution in [2.45, 2.75) is 45.6 Å². The number of hydrogen-bond acceptors (Lipinski definition) is 4. The van der Waals surface area contributed by atoms with E-state index in [-0.39, 0.29) is 11.7 Å². The number of sulfonamides is 1. The molecule has 0 spiro atoms. The highest BCUT2D eigenvalue weighted by Gasteiger charge is 2.26. The van der Waals surface area contributed by atoms with Crippen LogP contribution in [0.3, 0.4) is 0 Å². The topological polar surface area (TPSA) is 49.4 Å². The summed E-state index contributed by atoms with van der Waals surface area (Å²) in [4.78, 5) is 2.64. The van der Waals surface area contributed by atoms with Gasteiger partial charge in [0.15, 0.2) is 0 Å². The standard InChI is InChI=1S/C15H30N2O2S2/c1-13(2)12-21(18,19)16-11-14-3-7-17(8-4-14)15-5-9-20-10-6-15/h13-16H,3-12H2,1-2H3. The average Bonchev–Trinajstić information content (AvgIpc) is 2.45. The van der Waals surface area contributed by atoms with Crippen molar-refractivity contribution in [3.8, 4) is 0 Å². The molecule has 0 aliphatic carbocycles. The minimum absolute atomic E-state index is 0.188. The molecule has 0 saturated carbocycles. The van der Waals surface area contributed by atoms with E-state index < -0.39 is 10.0 Å². The predicted molar refractivity (Wildman–Crippen MR) is 91.3 cm³/mol. The fourth-order valence-electron chi connectivity index (χ4n) is 3.32. The van der Waals surface area contributed by atoms with Crippen molar-refractivity contribution in [2.24, 2.45) is 11.8 Å². The van der Waals surface area contributed by atoms with E-state index >= 15 is 0 Å². The number of piperidine rings is 1. The molecule has 6 heteroatoms. The second-order valence-electron chi connectivity index (χ2n) is 6.85. The minimum atomic E-state index is -3.08. The van der Waals surface area contributed by atoms with Crippen LogP contribution in [0, 0.1) is 11.8 Å². The van der Waals surface area contributed by atoms with Gasteiger partial charge in [-0.1, -0.05) is 13.8 Å². The van der Waals surface area contributed by atoms with Gasteiger partial charge in [-0.3, -0.25) is 0 Å². The first kappa shape index (κ1) is 17.6. The highest BCUT2D eigenvalue weighted by molar-refractivity contribution is 7.99. The van der Waals surface area contributed by atoms with E-state index in [1.54, 1.807) is 0 Å². The molecule has 0 aromatic heterocycles. The predicted octanol–water partition coefficient (Wildman–Crippen LogP) is 2.17. The monoisotopic (exact) mass is 334 g/mol. The van der Waals surface area contributed by atoms with Gasteiger partial charge in [0.05, 0.1) is 5.75 Å². The molecule has 0 aromatic rings. The van der Waals surface area contributed by atoms with E-state index in [1.807, 2.05) is 13.8 Å². The molecule has 2 saturated heterocycles. The van der Waals surface area contributed by atoms with Crippen molar-refractivity contribution in [1.82, 2.24) is 9.62 Å². The Morgan fingerprint density at radius 3 is 2.33 bits per heavy atom. The van der Waals surface area contributed by atoms with Gasteiger partial charge in [-0.05, 0) is 62.1 Å². The summed E-state index contributed by atoms with van der Waals surface area (Å²) in [6.45, 7) is 6.81. The van der Waals surface area contributed by atoms with Crippen LogP contribution in [0.5, 0.6) is 0 Å². The Morgan fingerprint density at radius 1 is 1.14 bits per heavy atom. The molecule has 1 N–H and O–H groups in total. The van der Waals surface area contributed by atoms with E-state index in [0.717, 1.165) is 32.0 Å². The Morgan fingerprint density at radius 2 is 1.76 bits per heavy atom. The lowest BCUT2D eigenvalue weighted by atomic mass is 9.95. The number of hydrogen-bond donors (Lipinski definition) is 1. The Labute approximate surface area is 134 Å². The lowest BCUT2D eigenvalue weighted by molar-refractivity contribution is 0.127. The summed E-state index contributed by atoms with van der Waals surface area (Å²) in [6.07, 6.45) is 4.92. The number of nitrogens with one attached hydrogen (secondary N) is 1. The zero-order chi connectivity index (χ0) is 15.3. The molecular weight excluding hydrogens is 304 g/mol. The Bertz CT molecular complexity index is 398. The first-order chi connectivity index (χ1) is 9.96. The van der Waals surface area contributed by atoms with Crippen molar-refractivity contribution in [3.05, 3.63) is 0 Å². The van der Waals surface area contributed by atoms with E-state index in [4.69, 9.17) is 0 Å². The number of likely N-dealkylation sites (tertiary alicyclic amines) is 1. The number of nitrogens with zero attached hydrogens (tertiary/aromatic N) is 1. The third-order valence-electron chi connectivity index (χ3n) is 4.50. The average molecular weight is 335 g/mol. The molecule has 0 bridgehead atoms. The highest BCUT2D eigenvalue weighted by Crippen LogP contribution is 2.26. The summed E-state index contributed by atoms with van der Waals surface area (Å²) in [7, 11) is -3.08. The van der Waals surface area contributed by atoms with E-state index in [0.29, 0.717) is 12.5 Å². The lowest BCUT2D eigenvalue weighted by Gasteiger charge is -2.39. The van der Waals surface area contributed by atoms with Crippen LogP contribution in [0.4, 0.5) is 0 Å². The van der Waals surface area contributed by atoms with E-state index in [9.17, 15) is 8.42 Å². The molecule has 0 amide bonds. The van der Waals surface area contributed by atoms with Crippen LogP contribution < -0.4 is 4.72 Å². The molecule has 2 fully saturated rings. The van der Waals surface area contributed by atoms with Crippen molar-refractivity contribution in [2.75, 3.05) is 36.9 Å². The summed E-state index contributed by atoms with van der Waals surface area (Å²) in [5.41, 5.74) is 0. The Balaban J connectivity index is 1.69. The first-order valence-corrected chi connectivity index (χ1v) is 11.1. The molecule has 2 aliphatic rings. The maximum atomic E-state index is 11.9. The van der Waals surface area contributed by atoms with Gasteiger partial charge in [-0.25, -0.2) is 13.1 Å². The molecule has 124 valence electrons. The highest BCUT2D eigenvalue weighted by atomic mass is 32.2. The molecule has 2 rings (SSSR count). The van der Waals surface area contributed by atoms with Gasteiger partial charge in [0.2, 0.25) is 10.0 Å². The smallest absolute Gasteiger partial charge is 0.211 e. The molecule has 21 heavy (non-hydrogen) atoms. The van der Waals surface area contributed by atoms with Gasteiger partial charge in [0, 0.05) is 12.6 Å². The summed E-state index contributed by atoms with van der Waals surface area (Å²) >= 11 is 2.08. The molecule has 0 unspecified atom stereocenters. The minimum Gasteiger partial charge on any atom is -0.300 e. The molecule has 0 radical (unpaired) electrons. The fourth-order valence-corrected chi connectivity index (χ4v) is 5.88. The number of rotatable bonds is 6. The first-order valence-electron chi connectivity index (χ1n) is 8.25. The van der Waals surface area contributed by atoms with Gasteiger partial charge in [0.25, 0.3) is 0 Å². The Hall–Kier alpha value is 0.220. The summed E-state index contributed by atoms with van der Waals surface area (Å²) in [5, 5.41) is 0. The van der Waals surface area contributed by atoms with Gasteiger partial charge >= 0.3 is 0 Å². The van der Waals surface area contributed by atoms with E-state index in [1.165, 1.54) is 24.3 Å². The van der Waals surface area contributed by atoms with Crippen molar-refractivity contribution in [1.29, 1.82) is 0 Å². The van der Waals surface area contributed by atoms with Crippen LogP contribution in [0.25, 0.3) is 0 Å². The molecule has 2 aliphatic heterocycles. The van der Waals surface area contributed by atoms with Crippen molar-refractivity contribution < 1.29 is 8.42 Å². The lowest BCUT2D eigenvalue weighted by Crippen LogP contribution is -2.45. The third-order valence-corrected chi connectivity index (χ3v) is 7.26. The van der Waals surface area contributed by atoms with Crippen LogP contribution >= 0.6 is 11.8 Å². The maximum absolute atomic E-state index is 11.9. The quantitative estimate of drug-likeness (QED) is 0.809. The molecule has 0 atom stereocenters. The fraction of sp³-hybridized carbons (Fsp3) is 1.00. The van der Waals surface area contributed by atoms with Gasteiger partial charge in [0.1, 0.15) is 0 Å². The number of thioether (sulfide) groups is 1. The second-order valence-corrected chi connectivity index (χ2v) is 9.92. The summed E-state index contributed by atoms with van der Waals surface area (Å²) < 4.78 is 26.5. The molecular formula is C15H30N2O2S2. The van der Waals surface area contributed by atoms with Crippen molar-refractivity contribution in [3.63, 3.8) is 0 Å². The van der Waals surface area contributed by atoms with Crippen molar-refractivity contribution >= 4 is 21.8 Å². The zero-order valence-electron chi connectivity index (χ0n) is 13.4. The van der Waals surface area contributed by atoms with Crippen LogP contribution in [0.1, 0.15) is 39.5 Å². The van der Waals surface area contributed by atoms with E-state index in [2.05, 4.69) is 21.4 Å². The molecule has 2 heterocycles. The molecule has 4 nitrogen and oxygen atoms in total. The SMILES string of the molecule is CC(C)CS(=O)(=O)NCC1CCN(C2CCSCC2)CC1. The van der Waals surface area contributed by atoms with Crippen LogP contribution in [-0.2, 0) is 10.0 Å². The molecule has 0 aromatic carbocycles. The van der Waals surface area contributed by atoms with Crippen LogP contribution in [-0.4, -0.2) is 56.3 Å². The van der Waals surface area contributed by atoms with Crippen LogP contribution in [0.15, 0.2) is 0 Å². The second kappa shape index (κ2) is 8.18. The normalized spacial score (nSPS) is 23.8.